The van der Waals surface area contributed by atoms with Gasteiger partial charge in [-0.25, -0.2) is 13.1 Å². The monoisotopic (exact) mass is 679 g/mol. The summed E-state index contributed by atoms with van der Waals surface area (Å²) in [4.78, 5) is 29.9. The number of nitrogens with zero attached hydrogens (tertiary/aromatic N) is 2. The fraction of sp³-hybridized carbons (Fsp3) is 0.333. The van der Waals surface area contributed by atoms with Crippen LogP contribution >= 0.6 is 11.6 Å². The summed E-state index contributed by atoms with van der Waals surface area (Å²) in [5, 5.41) is 22.8. The molecule has 3 aromatic carbocycles. The third-order valence-corrected chi connectivity index (χ3v) is 10.0. The van der Waals surface area contributed by atoms with Crippen molar-refractivity contribution in [2.75, 3.05) is 25.0 Å². The van der Waals surface area contributed by atoms with E-state index in [1.165, 1.54) is 12.1 Å². The van der Waals surface area contributed by atoms with Gasteiger partial charge >= 0.3 is 0 Å². The van der Waals surface area contributed by atoms with Crippen molar-refractivity contribution in [2.24, 2.45) is 17.6 Å². The number of anilines is 1. The lowest BCUT2D eigenvalue weighted by molar-refractivity contribution is -0.130. The Bertz CT molecular complexity index is 1760. The Morgan fingerprint density at radius 3 is 2.11 bits per heavy atom. The fourth-order valence-corrected chi connectivity index (χ4v) is 6.78. The van der Waals surface area contributed by atoms with Crippen molar-refractivity contribution in [1.29, 1.82) is 0 Å². The molecule has 1 aliphatic carbocycles. The molecule has 1 aliphatic rings. The van der Waals surface area contributed by atoms with Gasteiger partial charge in [0.15, 0.2) is 5.82 Å². The van der Waals surface area contributed by atoms with E-state index in [-0.39, 0.29) is 47.5 Å². The molecule has 1 aromatic heterocycles. The number of aromatic amines is 1. The third kappa shape index (κ3) is 9.02. The highest BCUT2D eigenvalue weighted by atomic mass is 35.5. The molecule has 1 atom stereocenters. The number of benzene rings is 3. The summed E-state index contributed by atoms with van der Waals surface area (Å²) < 4.78 is 27.0. The van der Waals surface area contributed by atoms with Gasteiger partial charge in [0.25, 0.3) is 0 Å². The molecule has 4 aromatic rings. The quantitative estimate of drug-likeness (QED) is 0.124. The number of aromatic nitrogens is 3. The van der Waals surface area contributed by atoms with E-state index in [0.29, 0.717) is 24.0 Å². The van der Waals surface area contributed by atoms with Gasteiger partial charge in [-0.15, -0.1) is 10.2 Å². The number of nitrogens with one attached hydrogen (secondary N) is 4. The molecular formula is C33H38ClN7O5S. The molecule has 0 unspecified atom stereocenters. The van der Waals surface area contributed by atoms with Crippen LogP contribution in [0.15, 0.2) is 77.7 Å². The van der Waals surface area contributed by atoms with Crippen molar-refractivity contribution in [1.82, 2.24) is 25.2 Å². The number of aliphatic hydroxyl groups is 1. The molecule has 7 N–H and O–H groups in total. The maximum atomic E-state index is 13.6. The topological polar surface area (TPSA) is 192 Å². The second-order valence-corrected chi connectivity index (χ2v) is 13.7. The van der Waals surface area contributed by atoms with Crippen LogP contribution in [0.4, 0.5) is 5.69 Å². The number of rotatable bonds is 13. The van der Waals surface area contributed by atoms with Gasteiger partial charge in [-0.1, -0.05) is 36.4 Å². The van der Waals surface area contributed by atoms with E-state index < -0.39 is 16.1 Å². The van der Waals surface area contributed by atoms with E-state index in [0.717, 1.165) is 47.9 Å². The minimum Gasteiger partial charge on any atom is -0.395 e. The van der Waals surface area contributed by atoms with Gasteiger partial charge < -0.3 is 26.5 Å². The van der Waals surface area contributed by atoms with Crippen molar-refractivity contribution >= 4 is 39.1 Å². The Morgan fingerprint density at radius 2 is 1.53 bits per heavy atom. The van der Waals surface area contributed by atoms with Crippen molar-refractivity contribution in [2.45, 2.75) is 43.0 Å². The van der Waals surface area contributed by atoms with Crippen molar-refractivity contribution < 1.29 is 23.1 Å². The van der Waals surface area contributed by atoms with Crippen molar-refractivity contribution in [3.8, 4) is 22.5 Å². The highest BCUT2D eigenvalue weighted by molar-refractivity contribution is 7.89. The molecule has 0 spiro atoms. The molecular weight excluding hydrogens is 642 g/mol. The van der Waals surface area contributed by atoms with Crippen LogP contribution in [0, 0.1) is 11.8 Å². The second-order valence-electron chi connectivity index (χ2n) is 11.6. The first-order valence-electron chi connectivity index (χ1n) is 15.4. The zero-order valence-corrected chi connectivity index (χ0v) is 27.2. The SMILES string of the molecule is NC[C@H]1CC[C@H](C(=O)N[C@@H](Cc2ccc(-c3ccc(S(=O)(=O)NCCO)cc3)cc2)C(=O)Nc2ccc(-c3nnc(Cl)[nH]3)cc2)CC1. The first-order chi connectivity index (χ1) is 22.6. The number of aliphatic hydroxyl groups excluding tert-OH is 1. The lowest BCUT2D eigenvalue weighted by Gasteiger charge is -2.28. The number of carbonyl (C=O) groups is 2. The molecule has 14 heteroatoms. The summed E-state index contributed by atoms with van der Waals surface area (Å²) in [6.07, 6.45) is 3.52. The van der Waals surface area contributed by atoms with Gasteiger partial charge in [-0.3, -0.25) is 9.59 Å². The number of hydrogen-bond donors (Lipinski definition) is 6. The Labute approximate surface area is 278 Å². The molecule has 0 radical (unpaired) electrons. The van der Waals surface area contributed by atoms with E-state index in [1.807, 2.05) is 24.3 Å². The van der Waals surface area contributed by atoms with Crippen LogP contribution < -0.4 is 21.1 Å². The van der Waals surface area contributed by atoms with Crippen LogP contribution in [0.2, 0.25) is 5.28 Å². The van der Waals surface area contributed by atoms with E-state index in [2.05, 4.69) is 30.5 Å². The van der Waals surface area contributed by atoms with Gasteiger partial charge in [0.2, 0.25) is 27.1 Å². The lowest BCUT2D eigenvalue weighted by atomic mass is 9.81. The number of halogens is 1. The number of sulfonamides is 1. The maximum absolute atomic E-state index is 13.6. The standard InChI is InChI=1S/C33H38ClN7O5S/c34-33-39-30(40-41-33)25-9-13-27(14-10-25)37-32(44)29(38-31(43)26-7-3-22(20-35)4-8-26)19-21-1-5-23(6-2-21)24-11-15-28(16-12-24)47(45,46)36-17-18-42/h1-2,5-6,9-16,22,26,29,36,42H,3-4,7-8,17-20,35H2,(H,37,44)(H,38,43)(H,39,40,41)/t22-,26-,29-/m0/s1. The molecule has 47 heavy (non-hydrogen) atoms. The summed E-state index contributed by atoms with van der Waals surface area (Å²) in [7, 11) is -3.71. The van der Waals surface area contributed by atoms with Crippen LogP contribution in [-0.2, 0) is 26.0 Å². The van der Waals surface area contributed by atoms with Crippen LogP contribution in [0.1, 0.15) is 31.2 Å². The van der Waals surface area contributed by atoms with E-state index >= 15 is 0 Å². The highest BCUT2D eigenvalue weighted by Gasteiger charge is 2.29. The largest absolute Gasteiger partial charge is 0.395 e. The predicted molar refractivity (Wildman–Crippen MR) is 180 cm³/mol. The first-order valence-corrected chi connectivity index (χ1v) is 17.3. The second kappa shape index (κ2) is 15.6. The number of carbonyl (C=O) groups excluding carboxylic acids is 2. The molecule has 12 nitrogen and oxygen atoms in total. The summed E-state index contributed by atoms with van der Waals surface area (Å²) in [6.45, 7) is 0.258. The zero-order valence-electron chi connectivity index (χ0n) is 25.7. The van der Waals surface area contributed by atoms with Crippen LogP contribution in [-0.4, -0.2) is 66.3 Å². The van der Waals surface area contributed by atoms with Crippen LogP contribution in [0.5, 0.6) is 0 Å². The number of amides is 2. The Kier molecular flexibility index (Phi) is 11.4. The summed E-state index contributed by atoms with van der Waals surface area (Å²) in [5.41, 5.74) is 9.64. The van der Waals surface area contributed by atoms with Gasteiger partial charge in [0.1, 0.15) is 6.04 Å². The predicted octanol–water partition coefficient (Wildman–Crippen LogP) is 3.49. The molecule has 0 aliphatic heterocycles. The summed E-state index contributed by atoms with van der Waals surface area (Å²) in [6, 6.07) is 20.2. The van der Waals surface area contributed by atoms with Gasteiger partial charge in [0.05, 0.1) is 11.5 Å². The molecule has 1 saturated carbocycles. The van der Waals surface area contributed by atoms with E-state index in [1.54, 1.807) is 36.4 Å². The number of H-pyrrole nitrogens is 1. The number of nitrogens with two attached hydrogens (primary N) is 1. The van der Waals surface area contributed by atoms with E-state index in [4.69, 9.17) is 22.4 Å². The molecule has 0 saturated heterocycles. The average molecular weight is 680 g/mol. The summed E-state index contributed by atoms with van der Waals surface area (Å²) in [5.74, 6) is 0.269. The van der Waals surface area contributed by atoms with Gasteiger partial charge in [0, 0.05) is 30.1 Å². The maximum Gasteiger partial charge on any atom is 0.247 e. The van der Waals surface area contributed by atoms with Gasteiger partial charge in [-0.2, -0.15) is 0 Å². The van der Waals surface area contributed by atoms with Crippen LogP contribution in [0.3, 0.4) is 0 Å². The lowest BCUT2D eigenvalue weighted by Crippen LogP contribution is -2.48. The first kappa shape index (κ1) is 34.2. The molecule has 2 amide bonds. The van der Waals surface area contributed by atoms with Crippen LogP contribution in [0.25, 0.3) is 22.5 Å². The molecule has 1 heterocycles. The normalized spacial score (nSPS) is 17.2. The molecule has 5 rings (SSSR count). The zero-order chi connectivity index (χ0) is 33.4. The minimum atomic E-state index is -3.71. The van der Waals surface area contributed by atoms with Crippen molar-refractivity contribution in [3.05, 3.63) is 83.6 Å². The molecule has 248 valence electrons. The van der Waals surface area contributed by atoms with Gasteiger partial charge in [-0.05, 0) is 103 Å². The fourth-order valence-electron chi connectivity index (χ4n) is 5.63. The Morgan fingerprint density at radius 1 is 0.915 bits per heavy atom. The Hall–Kier alpha value is -4.14. The van der Waals surface area contributed by atoms with Crippen molar-refractivity contribution in [3.63, 3.8) is 0 Å². The minimum absolute atomic E-state index is 0.0634. The molecule has 1 fully saturated rings. The number of hydrogen-bond acceptors (Lipinski definition) is 8. The smallest absolute Gasteiger partial charge is 0.247 e. The Balaban J connectivity index is 1.29. The third-order valence-electron chi connectivity index (χ3n) is 8.36. The van der Waals surface area contributed by atoms with E-state index in [9.17, 15) is 18.0 Å². The average Bonchev–Trinajstić information content (AvgIpc) is 3.53. The highest BCUT2D eigenvalue weighted by Crippen LogP contribution is 2.29. The summed E-state index contributed by atoms with van der Waals surface area (Å²) >= 11 is 5.84. The molecule has 0 bridgehead atoms.